The van der Waals surface area contributed by atoms with Crippen molar-refractivity contribution in [2.75, 3.05) is 25.1 Å². The molecule has 0 saturated carbocycles. The number of nitrogens with zero attached hydrogens (tertiary/aromatic N) is 2. The predicted molar refractivity (Wildman–Crippen MR) is 114 cm³/mol. The third-order valence-electron chi connectivity index (χ3n) is 5.81. The number of thioether (sulfide) groups is 1. The Morgan fingerprint density at radius 2 is 1.82 bits per heavy atom. The second-order valence-electron chi connectivity index (χ2n) is 7.74. The lowest BCUT2D eigenvalue weighted by molar-refractivity contribution is 0.187. The first kappa shape index (κ1) is 19.7. The van der Waals surface area contributed by atoms with Crippen molar-refractivity contribution in [2.45, 2.75) is 37.1 Å². The SMILES string of the molecule is CCCS(=O)(=O)N1C[C@H]2C[C@H](C1)c1c(-c3ccc(SC)cc3)ccc(=O)n1C2. The van der Waals surface area contributed by atoms with Crippen molar-refractivity contribution in [3.63, 3.8) is 0 Å². The van der Waals surface area contributed by atoms with Crippen molar-refractivity contribution in [2.24, 2.45) is 5.92 Å². The van der Waals surface area contributed by atoms with E-state index in [4.69, 9.17) is 0 Å². The highest BCUT2D eigenvalue weighted by Gasteiger charge is 2.39. The molecule has 1 aromatic heterocycles. The largest absolute Gasteiger partial charge is 0.311 e. The van der Waals surface area contributed by atoms with E-state index in [2.05, 4.69) is 24.3 Å². The summed E-state index contributed by atoms with van der Waals surface area (Å²) >= 11 is 1.70. The number of benzene rings is 1. The maximum Gasteiger partial charge on any atom is 0.250 e. The molecule has 0 N–H and O–H groups in total. The normalized spacial score (nSPS) is 22.1. The van der Waals surface area contributed by atoms with E-state index in [9.17, 15) is 13.2 Å². The van der Waals surface area contributed by atoms with Crippen LogP contribution in [0.15, 0.2) is 46.1 Å². The zero-order chi connectivity index (χ0) is 19.9. The summed E-state index contributed by atoms with van der Waals surface area (Å²) in [6, 6.07) is 11.9. The number of hydrogen-bond donors (Lipinski definition) is 0. The number of sulfonamides is 1. The molecule has 150 valence electrons. The number of piperidine rings is 1. The fraction of sp³-hybridized carbons (Fsp3) is 0.476. The van der Waals surface area contributed by atoms with Gasteiger partial charge >= 0.3 is 0 Å². The second-order valence-corrected chi connectivity index (χ2v) is 10.7. The molecular formula is C21H26N2O3S2. The summed E-state index contributed by atoms with van der Waals surface area (Å²) in [7, 11) is -3.23. The third-order valence-corrected chi connectivity index (χ3v) is 8.57. The van der Waals surface area contributed by atoms with Crippen LogP contribution in [0.4, 0.5) is 0 Å². The molecule has 2 aromatic rings. The van der Waals surface area contributed by atoms with E-state index in [0.29, 0.717) is 26.1 Å². The smallest absolute Gasteiger partial charge is 0.250 e. The van der Waals surface area contributed by atoms with Crippen molar-refractivity contribution >= 4 is 21.8 Å². The molecule has 0 aliphatic carbocycles. The molecule has 0 amide bonds. The summed E-state index contributed by atoms with van der Waals surface area (Å²) < 4.78 is 28.9. The average Bonchev–Trinajstić information content (AvgIpc) is 2.69. The van der Waals surface area contributed by atoms with Gasteiger partial charge in [-0.05, 0) is 48.8 Å². The Morgan fingerprint density at radius 1 is 1.07 bits per heavy atom. The van der Waals surface area contributed by atoms with E-state index in [1.807, 2.05) is 23.8 Å². The fourth-order valence-corrected chi connectivity index (χ4v) is 6.63. The molecular weight excluding hydrogens is 392 g/mol. The van der Waals surface area contributed by atoms with Crippen LogP contribution in [0.1, 0.15) is 31.4 Å². The summed E-state index contributed by atoms with van der Waals surface area (Å²) in [6.07, 6.45) is 3.61. The zero-order valence-corrected chi connectivity index (χ0v) is 17.9. The maximum absolute atomic E-state index is 12.7. The third kappa shape index (κ3) is 3.55. The molecule has 0 spiro atoms. The predicted octanol–water partition coefficient (Wildman–Crippen LogP) is 3.40. The lowest BCUT2D eigenvalue weighted by atomic mass is 9.81. The molecule has 2 aliphatic rings. The van der Waals surface area contributed by atoms with Crippen LogP contribution in [0.25, 0.3) is 11.1 Å². The monoisotopic (exact) mass is 418 g/mol. The Kier molecular flexibility index (Phi) is 5.42. The van der Waals surface area contributed by atoms with E-state index in [1.165, 1.54) is 4.90 Å². The van der Waals surface area contributed by atoms with Gasteiger partial charge in [0.15, 0.2) is 0 Å². The van der Waals surface area contributed by atoms with Crippen LogP contribution in [-0.2, 0) is 16.6 Å². The Labute approximate surface area is 170 Å². The fourth-order valence-electron chi connectivity index (χ4n) is 4.60. The Bertz CT molecular complexity index is 1030. The molecule has 5 nitrogen and oxygen atoms in total. The van der Waals surface area contributed by atoms with Gasteiger partial charge in [-0.1, -0.05) is 19.1 Å². The van der Waals surface area contributed by atoms with Gasteiger partial charge in [0.25, 0.3) is 5.56 Å². The molecule has 0 radical (unpaired) electrons. The minimum atomic E-state index is -3.23. The Hall–Kier alpha value is -1.57. The highest BCUT2D eigenvalue weighted by molar-refractivity contribution is 7.98. The zero-order valence-electron chi connectivity index (χ0n) is 16.3. The number of fused-ring (bicyclic) bond motifs is 4. The number of aromatic nitrogens is 1. The number of rotatable bonds is 5. The Balaban J connectivity index is 1.77. The van der Waals surface area contributed by atoms with Crippen LogP contribution < -0.4 is 5.56 Å². The molecule has 4 rings (SSSR count). The van der Waals surface area contributed by atoms with Gasteiger partial charge in [0.2, 0.25) is 10.0 Å². The topological polar surface area (TPSA) is 59.4 Å². The van der Waals surface area contributed by atoms with Crippen molar-refractivity contribution < 1.29 is 8.42 Å². The quantitative estimate of drug-likeness (QED) is 0.699. The second kappa shape index (κ2) is 7.69. The lowest BCUT2D eigenvalue weighted by Gasteiger charge is -2.43. The van der Waals surface area contributed by atoms with Crippen molar-refractivity contribution in [1.29, 1.82) is 0 Å². The van der Waals surface area contributed by atoms with E-state index < -0.39 is 10.0 Å². The van der Waals surface area contributed by atoms with Crippen LogP contribution in [-0.4, -0.2) is 42.4 Å². The van der Waals surface area contributed by atoms with Crippen molar-refractivity contribution in [3.8, 4) is 11.1 Å². The molecule has 7 heteroatoms. The molecule has 3 heterocycles. The molecule has 1 saturated heterocycles. The summed E-state index contributed by atoms with van der Waals surface area (Å²) in [5.74, 6) is 0.449. The first-order chi connectivity index (χ1) is 13.4. The minimum Gasteiger partial charge on any atom is -0.311 e. The maximum atomic E-state index is 12.7. The van der Waals surface area contributed by atoms with E-state index >= 15 is 0 Å². The highest BCUT2D eigenvalue weighted by atomic mass is 32.2. The van der Waals surface area contributed by atoms with Gasteiger partial charge in [0.05, 0.1) is 5.75 Å². The number of hydrogen-bond acceptors (Lipinski definition) is 4. The van der Waals surface area contributed by atoms with Gasteiger partial charge in [0.1, 0.15) is 0 Å². The Morgan fingerprint density at radius 3 is 2.50 bits per heavy atom. The van der Waals surface area contributed by atoms with Gasteiger partial charge in [-0.2, -0.15) is 0 Å². The summed E-state index contributed by atoms with van der Waals surface area (Å²) in [6.45, 7) is 3.49. The molecule has 28 heavy (non-hydrogen) atoms. The molecule has 0 unspecified atom stereocenters. The standard InChI is InChI=1S/C21H26N2O3S2/c1-3-10-28(25,26)22-12-15-11-17(14-22)21-19(8-9-20(24)23(21)13-15)16-4-6-18(27-2)7-5-16/h4-9,15,17H,3,10-14H2,1-2H3/t15-,17-/m1/s1. The van der Waals surface area contributed by atoms with E-state index in [1.54, 1.807) is 22.1 Å². The van der Waals surface area contributed by atoms with Crippen LogP contribution in [0.5, 0.6) is 0 Å². The average molecular weight is 419 g/mol. The van der Waals surface area contributed by atoms with Crippen molar-refractivity contribution in [1.82, 2.24) is 8.87 Å². The van der Waals surface area contributed by atoms with E-state index in [-0.39, 0.29) is 23.1 Å². The number of pyridine rings is 1. The summed E-state index contributed by atoms with van der Waals surface area (Å²) in [5.41, 5.74) is 3.13. The van der Waals surface area contributed by atoms with Gasteiger partial charge < -0.3 is 4.57 Å². The molecule has 2 aliphatic heterocycles. The van der Waals surface area contributed by atoms with Crippen LogP contribution >= 0.6 is 11.8 Å². The minimum absolute atomic E-state index is 0.0130. The highest BCUT2D eigenvalue weighted by Crippen LogP contribution is 2.40. The first-order valence-electron chi connectivity index (χ1n) is 9.79. The van der Waals surface area contributed by atoms with Gasteiger partial charge in [-0.3, -0.25) is 4.79 Å². The molecule has 2 atom stereocenters. The van der Waals surface area contributed by atoms with Crippen LogP contribution in [0.3, 0.4) is 0 Å². The molecule has 1 fully saturated rings. The van der Waals surface area contributed by atoms with E-state index in [0.717, 1.165) is 23.2 Å². The van der Waals surface area contributed by atoms with Gasteiger partial charge in [0, 0.05) is 47.8 Å². The van der Waals surface area contributed by atoms with Crippen molar-refractivity contribution in [3.05, 3.63) is 52.4 Å². The van der Waals surface area contributed by atoms with Gasteiger partial charge in [-0.15, -0.1) is 11.8 Å². The summed E-state index contributed by atoms with van der Waals surface area (Å²) in [4.78, 5) is 13.8. The first-order valence-corrected chi connectivity index (χ1v) is 12.6. The molecule has 2 bridgehead atoms. The van der Waals surface area contributed by atoms with Crippen LogP contribution in [0, 0.1) is 5.92 Å². The van der Waals surface area contributed by atoms with Gasteiger partial charge in [-0.25, -0.2) is 12.7 Å². The summed E-state index contributed by atoms with van der Waals surface area (Å²) in [5, 5.41) is 0. The van der Waals surface area contributed by atoms with Crippen LogP contribution in [0.2, 0.25) is 0 Å². The lowest BCUT2D eigenvalue weighted by Crippen LogP contribution is -2.49. The molecule has 1 aromatic carbocycles.